The minimum absolute atomic E-state index is 0.146. The van der Waals surface area contributed by atoms with Crippen molar-refractivity contribution in [2.24, 2.45) is 0 Å². The van der Waals surface area contributed by atoms with E-state index in [1.54, 1.807) is 0 Å². The van der Waals surface area contributed by atoms with Crippen LogP contribution in [-0.4, -0.2) is 104 Å². The first-order chi connectivity index (χ1) is 10.4. The fourth-order valence-electron chi connectivity index (χ4n) is 2.48. The number of aliphatic hydroxyl groups excluding tert-OH is 7. The molecule has 0 aromatic heterocycles. The van der Waals surface area contributed by atoms with E-state index >= 15 is 0 Å². The Morgan fingerprint density at radius 3 is 1.95 bits per heavy atom. The fourth-order valence-corrected chi connectivity index (χ4v) is 2.48. The van der Waals surface area contributed by atoms with Gasteiger partial charge >= 0.3 is 0 Å². The Morgan fingerprint density at radius 1 is 0.773 bits per heavy atom. The monoisotopic (exact) mass is 326 g/mol. The summed E-state index contributed by atoms with van der Waals surface area (Å²) in [6.45, 7) is -1.15. The molecule has 2 heterocycles. The van der Waals surface area contributed by atoms with E-state index in [0.29, 0.717) is 0 Å². The lowest BCUT2D eigenvalue weighted by atomic mass is 9.99. The molecule has 10 nitrogen and oxygen atoms in total. The molecule has 1 unspecified atom stereocenters. The molecule has 0 radical (unpaired) electrons. The highest BCUT2D eigenvalue weighted by molar-refractivity contribution is 4.90. The normalized spacial score (nSPS) is 50.0. The largest absolute Gasteiger partial charge is 0.394 e. The van der Waals surface area contributed by atoms with Crippen molar-refractivity contribution >= 4 is 0 Å². The second kappa shape index (κ2) is 7.45. The third kappa shape index (κ3) is 3.57. The molecule has 2 rings (SSSR count). The topological polar surface area (TPSA) is 169 Å². The van der Waals surface area contributed by atoms with Crippen LogP contribution < -0.4 is 0 Å². The van der Waals surface area contributed by atoms with Crippen molar-refractivity contribution in [3.8, 4) is 0 Å². The molecule has 0 bridgehead atoms. The first-order valence-electron chi connectivity index (χ1n) is 6.97. The first-order valence-corrected chi connectivity index (χ1v) is 6.97. The van der Waals surface area contributed by atoms with Crippen LogP contribution in [0, 0.1) is 0 Å². The first kappa shape index (κ1) is 17.9. The van der Waals surface area contributed by atoms with Gasteiger partial charge in [0.2, 0.25) is 0 Å². The molecule has 0 aliphatic carbocycles. The maximum Gasteiger partial charge on any atom is 0.189 e. The summed E-state index contributed by atoms with van der Waals surface area (Å²) in [7, 11) is 0. The van der Waals surface area contributed by atoms with Gasteiger partial charge in [-0.1, -0.05) is 0 Å². The summed E-state index contributed by atoms with van der Waals surface area (Å²) in [5, 5.41) is 66.6. The predicted octanol–water partition coefficient (Wildman–Crippen LogP) is -4.37. The van der Waals surface area contributed by atoms with Crippen molar-refractivity contribution in [1.29, 1.82) is 0 Å². The molecule has 2 aliphatic rings. The minimum atomic E-state index is -1.60. The highest BCUT2D eigenvalue weighted by atomic mass is 16.8. The Kier molecular flexibility index (Phi) is 6.07. The summed E-state index contributed by atoms with van der Waals surface area (Å²) >= 11 is 0. The van der Waals surface area contributed by atoms with Crippen molar-refractivity contribution < 1.29 is 50.0 Å². The second-order valence-electron chi connectivity index (χ2n) is 5.41. The second-order valence-corrected chi connectivity index (χ2v) is 5.41. The quantitative estimate of drug-likeness (QED) is 0.268. The molecule has 2 saturated heterocycles. The standard InChI is InChI=1S/C12H22O10/c13-2-5-8(16)4(15)1-7(20-5)22-12-11(19)10(18)9(17)6(3-14)21-12/h4-19H,1-3H2/t4-,5-,6-,7+,8+,9+,10+,11-,12?/m1/s1. The minimum Gasteiger partial charge on any atom is -0.394 e. The molecule has 0 aromatic rings. The van der Waals surface area contributed by atoms with Gasteiger partial charge in [0.25, 0.3) is 0 Å². The third-order valence-electron chi connectivity index (χ3n) is 3.85. The van der Waals surface area contributed by atoms with E-state index in [1.807, 2.05) is 0 Å². The van der Waals surface area contributed by atoms with Crippen LogP contribution in [0.1, 0.15) is 6.42 Å². The van der Waals surface area contributed by atoms with Crippen molar-refractivity contribution in [3.05, 3.63) is 0 Å². The van der Waals surface area contributed by atoms with Gasteiger partial charge in [-0.05, 0) is 0 Å². The predicted molar refractivity (Wildman–Crippen MR) is 67.2 cm³/mol. The van der Waals surface area contributed by atoms with Crippen LogP contribution in [0.2, 0.25) is 0 Å². The Balaban J connectivity index is 2.00. The molecule has 2 aliphatic heterocycles. The summed E-state index contributed by atoms with van der Waals surface area (Å²) < 4.78 is 15.7. The Bertz CT molecular complexity index is 353. The van der Waals surface area contributed by atoms with Gasteiger partial charge in [-0.2, -0.15) is 0 Å². The van der Waals surface area contributed by atoms with Gasteiger partial charge in [0, 0.05) is 6.42 Å². The molecular formula is C12H22O10. The van der Waals surface area contributed by atoms with Crippen molar-refractivity contribution in [2.75, 3.05) is 13.2 Å². The molecule has 2 fully saturated rings. The van der Waals surface area contributed by atoms with Crippen molar-refractivity contribution in [2.45, 2.75) is 61.7 Å². The van der Waals surface area contributed by atoms with E-state index in [4.69, 9.17) is 24.4 Å². The summed E-state index contributed by atoms with van der Waals surface area (Å²) in [5.41, 5.74) is 0. The number of hydrogen-bond donors (Lipinski definition) is 7. The average molecular weight is 326 g/mol. The van der Waals surface area contributed by atoms with Gasteiger partial charge in [0.05, 0.1) is 19.3 Å². The average Bonchev–Trinajstić information content (AvgIpc) is 2.51. The molecule has 9 atom stereocenters. The summed E-state index contributed by atoms with van der Waals surface area (Å²) in [6.07, 6.45) is -12.1. The zero-order valence-corrected chi connectivity index (χ0v) is 11.7. The van der Waals surface area contributed by atoms with Gasteiger partial charge in [-0.25, -0.2) is 0 Å². The summed E-state index contributed by atoms with van der Waals surface area (Å²) in [6, 6.07) is 0. The lowest BCUT2D eigenvalue weighted by Crippen LogP contribution is -2.60. The van der Waals surface area contributed by atoms with Gasteiger partial charge < -0.3 is 50.0 Å². The molecule has 0 spiro atoms. The van der Waals surface area contributed by atoms with E-state index in [-0.39, 0.29) is 6.42 Å². The van der Waals surface area contributed by atoms with E-state index in [1.165, 1.54) is 0 Å². The Labute approximate surface area is 126 Å². The number of aliphatic hydroxyl groups is 7. The fraction of sp³-hybridized carbons (Fsp3) is 1.00. The molecular weight excluding hydrogens is 304 g/mol. The Morgan fingerprint density at radius 2 is 1.36 bits per heavy atom. The van der Waals surface area contributed by atoms with Crippen molar-refractivity contribution in [1.82, 2.24) is 0 Å². The van der Waals surface area contributed by atoms with Gasteiger partial charge in [0.1, 0.15) is 36.6 Å². The van der Waals surface area contributed by atoms with Crippen LogP contribution >= 0.6 is 0 Å². The highest BCUT2D eigenvalue weighted by Crippen LogP contribution is 2.27. The van der Waals surface area contributed by atoms with Crippen LogP contribution in [0.4, 0.5) is 0 Å². The molecule has 0 saturated carbocycles. The van der Waals surface area contributed by atoms with Crippen LogP contribution in [0.3, 0.4) is 0 Å². The lowest BCUT2D eigenvalue weighted by molar-refractivity contribution is -0.358. The summed E-state index contributed by atoms with van der Waals surface area (Å²) in [5.74, 6) is 0. The summed E-state index contributed by atoms with van der Waals surface area (Å²) in [4.78, 5) is 0. The number of rotatable bonds is 4. The number of ether oxygens (including phenoxy) is 3. The van der Waals surface area contributed by atoms with Crippen LogP contribution in [0.5, 0.6) is 0 Å². The highest BCUT2D eigenvalue weighted by Gasteiger charge is 2.46. The lowest BCUT2D eigenvalue weighted by Gasteiger charge is -2.43. The SMILES string of the molecule is OC[C@H]1OC(O[C@H]2C[C@@H](O)[C@H](O)[C@@H](CO)O2)[C@H](O)[C@@H](O)[C@H]1O. The van der Waals surface area contributed by atoms with E-state index < -0.39 is 68.5 Å². The zero-order valence-electron chi connectivity index (χ0n) is 11.7. The zero-order chi connectivity index (χ0) is 16.4. The van der Waals surface area contributed by atoms with Crippen molar-refractivity contribution in [3.63, 3.8) is 0 Å². The number of hydrogen-bond acceptors (Lipinski definition) is 10. The molecule has 22 heavy (non-hydrogen) atoms. The van der Waals surface area contributed by atoms with Crippen LogP contribution in [0.25, 0.3) is 0 Å². The van der Waals surface area contributed by atoms with E-state index in [0.717, 1.165) is 0 Å². The molecule has 130 valence electrons. The third-order valence-corrected chi connectivity index (χ3v) is 3.85. The maximum absolute atomic E-state index is 9.83. The molecule has 0 aromatic carbocycles. The van der Waals surface area contributed by atoms with E-state index in [9.17, 15) is 25.5 Å². The van der Waals surface area contributed by atoms with Crippen LogP contribution in [-0.2, 0) is 14.2 Å². The van der Waals surface area contributed by atoms with Gasteiger partial charge in [-0.15, -0.1) is 0 Å². The molecule has 10 heteroatoms. The Hall–Kier alpha value is -0.400. The smallest absolute Gasteiger partial charge is 0.189 e. The van der Waals surface area contributed by atoms with Crippen LogP contribution in [0.15, 0.2) is 0 Å². The van der Waals surface area contributed by atoms with Gasteiger partial charge in [-0.3, -0.25) is 0 Å². The maximum atomic E-state index is 9.83. The molecule has 0 amide bonds. The molecule has 7 N–H and O–H groups in total. The van der Waals surface area contributed by atoms with Gasteiger partial charge in [0.15, 0.2) is 12.6 Å². The van der Waals surface area contributed by atoms with E-state index in [2.05, 4.69) is 0 Å².